The summed E-state index contributed by atoms with van der Waals surface area (Å²) >= 11 is 5.80. The van der Waals surface area contributed by atoms with Crippen molar-refractivity contribution in [1.29, 1.82) is 0 Å². The summed E-state index contributed by atoms with van der Waals surface area (Å²) in [6, 6.07) is 9.23. The highest BCUT2D eigenvalue weighted by molar-refractivity contribution is 14.1. The summed E-state index contributed by atoms with van der Waals surface area (Å²) in [7, 11) is 0. The van der Waals surface area contributed by atoms with Crippen LogP contribution in [0.25, 0.3) is 0 Å². The number of alkyl carbamates (subject to hydrolysis) is 1. The molecule has 5 N–H and O–H groups in total. The van der Waals surface area contributed by atoms with Crippen molar-refractivity contribution in [3.63, 3.8) is 0 Å². The van der Waals surface area contributed by atoms with Crippen molar-refractivity contribution >= 4 is 109 Å². The topological polar surface area (TPSA) is 163 Å². The van der Waals surface area contributed by atoms with Crippen molar-refractivity contribution in [2.45, 2.75) is 52.2 Å². The molecule has 3 amide bonds. The molecular weight excluding hydrogens is 873 g/mol. The molecule has 41 heavy (non-hydrogen) atoms. The molecule has 0 saturated heterocycles. The Bertz CT molecular complexity index is 1260. The van der Waals surface area contributed by atoms with Gasteiger partial charge in [-0.1, -0.05) is 37.3 Å². The van der Waals surface area contributed by atoms with Crippen molar-refractivity contribution in [2.24, 2.45) is 0 Å². The van der Waals surface area contributed by atoms with Crippen LogP contribution in [0.2, 0.25) is 0 Å². The summed E-state index contributed by atoms with van der Waals surface area (Å²) in [5.74, 6) is -2.84. The fraction of sp³-hybridized carbons (Fsp3) is 0.370. The maximum atomic E-state index is 14.1. The number of amides is 3. The monoisotopic (exact) mass is 904 g/mol. The highest BCUT2D eigenvalue weighted by atomic mass is 127. The number of anilines is 2. The number of rotatable bonds is 14. The van der Waals surface area contributed by atoms with E-state index in [1.165, 1.54) is 13.8 Å². The van der Waals surface area contributed by atoms with Crippen molar-refractivity contribution in [3.05, 3.63) is 52.2 Å². The molecule has 2 aromatic rings. The number of Topliss-reactive ketones (excluding diaryl/α,β-unsaturated/α-hetero) is 1. The molecule has 0 fully saturated rings. The quantitative estimate of drug-likeness (QED) is 0.0755. The number of ether oxygens (including phenoxy) is 1. The maximum absolute atomic E-state index is 14.1. The van der Waals surface area contributed by atoms with Crippen LogP contribution >= 0.6 is 67.8 Å². The average Bonchev–Trinajstić information content (AvgIpc) is 2.91. The van der Waals surface area contributed by atoms with E-state index in [0.29, 0.717) is 34.9 Å². The molecule has 0 aliphatic carbocycles. The van der Waals surface area contributed by atoms with Gasteiger partial charge in [-0.05, 0) is 99.1 Å². The number of carbonyl (C=O) groups is 5. The van der Waals surface area contributed by atoms with Gasteiger partial charge in [-0.3, -0.25) is 19.7 Å². The Balaban J connectivity index is 2.28. The van der Waals surface area contributed by atoms with E-state index in [1.54, 1.807) is 6.92 Å². The fourth-order valence-electron chi connectivity index (χ4n) is 3.99. The second-order valence-corrected chi connectivity index (χ2v) is 12.2. The third-order valence-electron chi connectivity index (χ3n) is 5.84. The zero-order chi connectivity index (χ0) is 30.7. The first kappa shape index (κ1) is 35.1. The Morgan fingerprint density at radius 2 is 1.44 bits per heavy atom. The molecule has 2 aromatic carbocycles. The van der Waals surface area contributed by atoms with Gasteiger partial charge < -0.3 is 25.8 Å². The molecule has 1 atom stereocenters. The molecule has 222 valence electrons. The Morgan fingerprint density at radius 1 is 0.878 bits per heavy atom. The molecular formula is C27H31I3N4O7. The number of aliphatic carboxylic acids is 1. The lowest BCUT2D eigenvalue weighted by Crippen LogP contribution is -2.58. The minimum absolute atomic E-state index is 0.0706. The molecule has 0 aliphatic heterocycles. The van der Waals surface area contributed by atoms with Crippen molar-refractivity contribution in [1.82, 2.24) is 10.6 Å². The zero-order valence-electron chi connectivity index (χ0n) is 22.7. The fourth-order valence-corrected chi connectivity index (χ4v) is 8.19. The van der Waals surface area contributed by atoms with Crippen LogP contribution in [0.3, 0.4) is 0 Å². The molecule has 14 heteroatoms. The Kier molecular flexibility index (Phi) is 14.2. The average molecular weight is 904 g/mol. The van der Waals surface area contributed by atoms with E-state index in [2.05, 4.69) is 21.3 Å². The number of carbonyl (C=O) groups excluding carboxylic acids is 4. The molecule has 0 heterocycles. The first-order valence-electron chi connectivity index (χ1n) is 12.6. The van der Waals surface area contributed by atoms with Crippen LogP contribution in [-0.2, 0) is 25.7 Å². The standard InChI is InChI=1S/C27H31I3N4O7/c1-4-32-27(25(38)39,12-8-9-13-31-26(40)41-14-17-10-6-5-7-11-17)24(37)18-19(28)22(33-15(2)35)21(30)23(20(18)29)34-16(3)36/h5-7,10-11,32H,4,8-9,12-14H2,1-3H3,(H,31,40)(H,33,35)(H,34,36)(H,38,39)/t27-/m1/s1. The number of nitrogens with one attached hydrogen (secondary N) is 4. The highest BCUT2D eigenvalue weighted by Gasteiger charge is 2.47. The number of halogens is 3. The third kappa shape index (κ3) is 9.47. The summed E-state index contributed by atoms with van der Waals surface area (Å²) < 4.78 is 6.41. The molecule has 0 saturated carbocycles. The number of ketones is 1. The smallest absolute Gasteiger partial charge is 0.407 e. The number of carboxylic acid groups (broad SMARTS) is 1. The van der Waals surface area contributed by atoms with Crippen molar-refractivity contribution in [3.8, 4) is 0 Å². The first-order chi connectivity index (χ1) is 19.3. The van der Waals surface area contributed by atoms with Gasteiger partial charge >= 0.3 is 12.1 Å². The number of unbranched alkanes of at least 4 members (excludes halogenated alkanes) is 1. The van der Waals surface area contributed by atoms with E-state index in [-0.39, 0.29) is 43.5 Å². The molecule has 11 nitrogen and oxygen atoms in total. The van der Waals surface area contributed by atoms with Gasteiger partial charge in [-0.25, -0.2) is 9.59 Å². The van der Waals surface area contributed by atoms with E-state index < -0.39 is 23.4 Å². The van der Waals surface area contributed by atoms with Crippen molar-refractivity contribution < 1.29 is 33.8 Å². The zero-order valence-corrected chi connectivity index (χ0v) is 29.1. The van der Waals surface area contributed by atoms with Crippen molar-refractivity contribution in [2.75, 3.05) is 23.7 Å². The Labute approximate surface area is 279 Å². The predicted molar refractivity (Wildman–Crippen MR) is 180 cm³/mol. The third-order valence-corrected chi connectivity index (χ3v) is 9.07. The number of carboxylic acids is 1. The molecule has 0 aromatic heterocycles. The van der Waals surface area contributed by atoms with Gasteiger partial charge in [0.1, 0.15) is 6.61 Å². The van der Waals surface area contributed by atoms with E-state index in [9.17, 15) is 29.1 Å². The lowest BCUT2D eigenvalue weighted by molar-refractivity contribution is -0.143. The van der Waals surface area contributed by atoms with E-state index in [4.69, 9.17) is 4.74 Å². The number of benzene rings is 2. The summed E-state index contributed by atoms with van der Waals surface area (Å²) in [5, 5.41) is 21.3. The van der Waals surface area contributed by atoms with E-state index >= 15 is 0 Å². The van der Waals surface area contributed by atoms with Crippen LogP contribution in [-0.4, -0.2) is 53.4 Å². The summed E-state index contributed by atoms with van der Waals surface area (Å²) in [6.45, 7) is 4.87. The predicted octanol–water partition coefficient (Wildman–Crippen LogP) is 5.13. The lowest BCUT2D eigenvalue weighted by Gasteiger charge is -2.31. The Hall–Kier alpha value is -2.06. The lowest BCUT2D eigenvalue weighted by atomic mass is 9.84. The Morgan fingerprint density at radius 3 is 1.93 bits per heavy atom. The van der Waals surface area contributed by atoms with Gasteiger partial charge in [0.25, 0.3) is 0 Å². The van der Waals surface area contributed by atoms with Crippen LogP contribution in [0.15, 0.2) is 30.3 Å². The second kappa shape index (κ2) is 16.5. The largest absolute Gasteiger partial charge is 0.480 e. The van der Waals surface area contributed by atoms with Crippen LogP contribution in [0.4, 0.5) is 16.2 Å². The van der Waals surface area contributed by atoms with Gasteiger partial charge in [-0.2, -0.15) is 0 Å². The highest BCUT2D eigenvalue weighted by Crippen LogP contribution is 2.40. The second-order valence-electron chi connectivity index (χ2n) is 8.94. The van der Waals surface area contributed by atoms with Crippen LogP contribution in [0.5, 0.6) is 0 Å². The summed E-state index contributed by atoms with van der Waals surface area (Å²) in [6.07, 6.45) is 0.0148. The van der Waals surface area contributed by atoms with Gasteiger partial charge in [0.15, 0.2) is 11.3 Å². The van der Waals surface area contributed by atoms with Crippen LogP contribution in [0, 0.1) is 10.7 Å². The molecule has 0 spiro atoms. The number of hydrogen-bond donors (Lipinski definition) is 5. The van der Waals surface area contributed by atoms with Gasteiger partial charge in [0.2, 0.25) is 11.8 Å². The molecule has 0 radical (unpaired) electrons. The molecule has 2 rings (SSSR count). The molecule has 0 bridgehead atoms. The normalized spacial score (nSPS) is 12.1. The first-order valence-corrected chi connectivity index (χ1v) is 15.8. The van der Waals surface area contributed by atoms with E-state index in [1.807, 2.05) is 98.1 Å². The van der Waals surface area contributed by atoms with Gasteiger partial charge in [0.05, 0.1) is 20.5 Å². The van der Waals surface area contributed by atoms with E-state index in [0.717, 1.165) is 5.56 Å². The summed E-state index contributed by atoms with van der Waals surface area (Å²) in [4.78, 5) is 62.8. The SMILES string of the molecule is CCN[C@@](CCCCNC(=O)OCc1ccccc1)(C(=O)O)C(=O)c1c(I)c(NC(C)=O)c(I)c(NC(C)=O)c1I. The van der Waals surface area contributed by atoms with Gasteiger partial charge in [-0.15, -0.1) is 0 Å². The van der Waals surface area contributed by atoms with Crippen LogP contribution < -0.4 is 21.3 Å². The van der Waals surface area contributed by atoms with Crippen LogP contribution in [0.1, 0.15) is 56.0 Å². The van der Waals surface area contributed by atoms with Gasteiger partial charge in [0, 0.05) is 27.5 Å². The molecule has 0 unspecified atom stereocenters. The number of hydrogen-bond acceptors (Lipinski definition) is 7. The number of likely N-dealkylation sites (N-methyl/N-ethyl adjacent to an activating group) is 1. The minimum atomic E-state index is -1.99. The summed E-state index contributed by atoms with van der Waals surface area (Å²) in [5.41, 5.74) is -0.456. The minimum Gasteiger partial charge on any atom is -0.480 e. The maximum Gasteiger partial charge on any atom is 0.407 e. The molecule has 0 aliphatic rings.